The second-order valence-corrected chi connectivity index (χ2v) is 3.28. The summed E-state index contributed by atoms with van der Waals surface area (Å²) in [4.78, 5) is 10.9. The molecule has 0 rings (SSSR count). The van der Waals surface area contributed by atoms with Gasteiger partial charge in [-0.05, 0) is 6.42 Å². The summed E-state index contributed by atoms with van der Waals surface area (Å²) in [6.07, 6.45) is 7.66. The molecular formula is C10H21NO2. The summed E-state index contributed by atoms with van der Waals surface area (Å²) in [6.45, 7) is 1.95. The Labute approximate surface area is 80.5 Å². The van der Waals surface area contributed by atoms with Crippen molar-refractivity contribution in [3.63, 3.8) is 0 Å². The molecule has 0 saturated carbocycles. The highest BCUT2D eigenvalue weighted by atomic mass is 16.3. The number of aliphatic hydroxyl groups is 1. The Bertz CT molecular complexity index is 126. The maximum Gasteiger partial charge on any atom is 0.221 e. The van der Waals surface area contributed by atoms with E-state index in [9.17, 15) is 4.79 Å². The number of rotatable bonds is 8. The molecule has 0 fully saturated rings. The van der Waals surface area contributed by atoms with E-state index in [2.05, 4.69) is 12.2 Å². The number of hydrogen-bond donors (Lipinski definition) is 2. The van der Waals surface area contributed by atoms with Crippen molar-refractivity contribution in [1.29, 1.82) is 0 Å². The molecule has 0 bridgehead atoms. The van der Waals surface area contributed by atoms with E-state index in [1.54, 1.807) is 0 Å². The van der Waals surface area contributed by atoms with E-state index in [1.165, 1.54) is 25.7 Å². The van der Waals surface area contributed by atoms with Gasteiger partial charge in [0.2, 0.25) is 5.91 Å². The maximum atomic E-state index is 10.9. The van der Waals surface area contributed by atoms with Gasteiger partial charge >= 0.3 is 0 Å². The lowest BCUT2D eigenvalue weighted by Gasteiger charge is -2.01. The second kappa shape index (κ2) is 9.52. The van der Waals surface area contributed by atoms with Crippen LogP contribution in [0.25, 0.3) is 0 Å². The first kappa shape index (κ1) is 12.4. The molecular weight excluding hydrogens is 166 g/mol. The standard InChI is InChI=1S/C10H21NO2/c1-2-3-4-5-6-7-8-10(13)11-9-12/h12H,2-9H2,1H3,(H,11,13). The first-order chi connectivity index (χ1) is 6.31. The average Bonchev–Trinajstić information content (AvgIpc) is 2.11. The molecule has 0 spiro atoms. The molecule has 78 valence electrons. The molecule has 0 heterocycles. The predicted octanol–water partition coefficient (Wildman–Crippen LogP) is 1.80. The van der Waals surface area contributed by atoms with Gasteiger partial charge in [-0.3, -0.25) is 4.79 Å². The minimum Gasteiger partial charge on any atom is -0.377 e. The van der Waals surface area contributed by atoms with E-state index in [0.717, 1.165) is 12.8 Å². The highest BCUT2D eigenvalue weighted by Gasteiger charge is 1.98. The molecule has 0 aromatic rings. The normalized spacial score (nSPS) is 10.0. The first-order valence-corrected chi connectivity index (χ1v) is 5.18. The van der Waals surface area contributed by atoms with Gasteiger partial charge in [-0.25, -0.2) is 0 Å². The maximum absolute atomic E-state index is 10.9. The third-order valence-electron chi connectivity index (χ3n) is 2.03. The van der Waals surface area contributed by atoms with Crippen molar-refractivity contribution in [2.24, 2.45) is 0 Å². The number of unbranched alkanes of at least 4 members (excludes halogenated alkanes) is 5. The van der Waals surface area contributed by atoms with E-state index >= 15 is 0 Å². The van der Waals surface area contributed by atoms with Gasteiger partial charge in [-0.15, -0.1) is 0 Å². The number of nitrogens with one attached hydrogen (secondary N) is 1. The van der Waals surface area contributed by atoms with Crippen molar-refractivity contribution in [2.45, 2.75) is 51.9 Å². The molecule has 0 aromatic carbocycles. The quantitative estimate of drug-likeness (QED) is 0.449. The zero-order chi connectivity index (χ0) is 9.94. The first-order valence-electron chi connectivity index (χ1n) is 5.18. The number of amides is 1. The van der Waals surface area contributed by atoms with Gasteiger partial charge < -0.3 is 10.4 Å². The van der Waals surface area contributed by atoms with E-state index in [0.29, 0.717) is 6.42 Å². The Morgan fingerprint density at radius 1 is 1.15 bits per heavy atom. The summed E-state index contributed by atoms with van der Waals surface area (Å²) in [5, 5.41) is 10.7. The van der Waals surface area contributed by atoms with Crippen LogP contribution >= 0.6 is 0 Å². The summed E-state index contributed by atoms with van der Waals surface area (Å²) in [5.41, 5.74) is 0. The van der Waals surface area contributed by atoms with Crippen LogP contribution < -0.4 is 5.32 Å². The largest absolute Gasteiger partial charge is 0.377 e. The van der Waals surface area contributed by atoms with Gasteiger partial charge in [-0.1, -0.05) is 39.0 Å². The second-order valence-electron chi connectivity index (χ2n) is 3.28. The molecule has 0 radical (unpaired) electrons. The summed E-state index contributed by atoms with van der Waals surface area (Å²) >= 11 is 0. The van der Waals surface area contributed by atoms with Crippen molar-refractivity contribution in [2.75, 3.05) is 6.73 Å². The summed E-state index contributed by atoms with van der Waals surface area (Å²) in [5.74, 6) is -0.0435. The van der Waals surface area contributed by atoms with Crippen LogP contribution in [-0.4, -0.2) is 17.7 Å². The summed E-state index contributed by atoms with van der Waals surface area (Å²) in [7, 11) is 0. The van der Waals surface area contributed by atoms with Crippen LogP contribution in [0.3, 0.4) is 0 Å². The van der Waals surface area contributed by atoms with E-state index in [4.69, 9.17) is 5.11 Å². The molecule has 2 N–H and O–H groups in total. The lowest BCUT2D eigenvalue weighted by atomic mass is 10.1. The van der Waals surface area contributed by atoms with Crippen molar-refractivity contribution >= 4 is 5.91 Å². The zero-order valence-electron chi connectivity index (χ0n) is 8.51. The molecule has 0 unspecified atom stereocenters. The van der Waals surface area contributed by atoms with Crippen molar-refractivity contribution in [1.82, 2.24) is 5.32 Å². The van der Waals surface area contributed by atoms with Gasteiger partial charge in [0, 0.05) is 6.42 Å². The van der Waals surface area contributed by atoms with E-state index in [1.807, 2.05) is 0 Å². The molecule has 0 aliphatic heterocycles. The minimum atomic E-state index is -0.241. The molecule has 3 heteroatoms. The Balaban J connectivity index is 3.02. The summed E-state index contributed by atoms with van der Waals surface area (Å²) in [6, 6.07) is 0. The lowest BCUT2D eigenvalue weighted by molar-refractivity contribution is -0.122. The Morgan fingerprint density at radius 3 is 2.38 bits per heavy atom. The van der Waals surface area contributed by atoms with Crippen LogP contribution in [0.2, 0.25) is 0 Å². The fourth-order valence-corrected chi connectivity index (χ4v) is 1.24. The summed E-state index contributed by atoms with van der Waals surface area (Å²) < 4.78 is 0. The topological polar surface area (TPSA) is 49.3 Å². The van der Waals surface area contributed by atoms with Gasteiger partial charge in [-0.2, -0.15) is 0 Å². The van der Waals surface area contributed by atoms with Crippen LogP contribution in [0.4, 0.5) is 0 Å². The fraction of sp³-hybridized carbons (Fsp3) is 0.900. The van der Waals surface area contributed by atoms with Gasteiger partial charge in [0.05, 0.1) is 0 Å². The number of hydrogen-bond acceptors (Lipinski definition) is 2. The number of carbonyl (C=O) groups excluding carboxylic acids is 1. The zero-order valence-corrected chi connectivity index (χ0v) is 8.51. The Morgan fingerprint density at radius 2 is 1.77 bits per heavy atom. The molecule has 0 aromatic heterocycles. The monoisotopic (exact) mass is 187 g/mol. The minimum absolute atomic E-state index is 0.0435. The fourth-order valence-electron chi connectivity index (χ4n) is 1.24. The van der Waals surface area contributed by atoms with Gasteiger partial charge in [0.15, 0.2) is 0 Å². The SMILES string of the molecule is CCCCCCCCC(=O)NCO. The number of carbonyl (C=O) groups is 1. The molecule has 13 heavy (non-hydrogen) atoms. The Kier molecular flexibility index (Phi) is 9.10. The smallest absolute Gasteiger partial charge is 0.221 e. The van der Waals surface area contributed by atoms with E-state index < -0.39 is 0 Å². The molecule has 3 nitrogen and oxygen atoms in total. The molecule has 0 aliphatic carbocycles. The molecule has 0 saturated heterocycles. The van der Waals surface area contributed by atoms with Crippen molar-refractivity contribution in [3.05, 3.63) is 0 Å². The van der Waals surface area contributed by atoms with Crippen molar-refractivity contribution in [3.8, 4) is 0 Å². The predicted molar refractivity (Wildman–Crippen MR) is 53.2 cm³/mol. The van der Waals surface area contributed by atoms with Crippen LogP contribution in [0, 0.1) is 0 Å². The van der Waals surface area contributed by atoms with E-state index in [-0.39, 0.29) is 12.6 Å². The van der Waals surface area contributed by atoms with Gasteiger partial charge in [0.1, 0.15) is 6.73 Å². The van der Waals surface area contributed by atoms with Gasteiger partial charge in [0.25, 0.3) is 0 Å². The average molecular weight is 187 g/mol. The van der Waals surface area contributed by atoms with Crippen LogP contribution in [0.5, 0.6) is 0 Å². The third-order valence-corrected chi connectivity index (χ3v) is 2.03. The Hall–Kier alpha value is -0.570. The molecule has 0 atom stereocenters. The van der Waals surface area contributed by atoms with Crippen LogP contribution in [0.1, 0.15) is 51.9 Å². The highest BCUT2D eigenvalue weighted by molar-refractivity contribution is 5.75. The van der Waals surface area contributed by atoms with Crippen LogP contribution in [0.15, 0.2) is 0 Å². The third kappa shape index (κ3) is 9.34. The van der Waals surface area contributed by atoms with Crippen LogP contribution in [-0.2, 0) is 4.79 Å². The molecule has 0 aliphatic rings. The lowest BCUT2D eigenvalue weighted by Crippen LogP contribution is -2.23. The number of aliphatic hydroxyl groups excluding tert-OH is 1. The highest BCUT2D eigenvalue weighted by Crippen LogP contribution is 2.06. The van der Waals surface area contributed by atoms with Crippen molar-refractivity contribution < 1.29 is 9.90 Å². The molecule has 1 amide bonds.